The molecule has 7 heteroatoms. The van der Waals surface area contributed by atoms with Crippen molar-refractivity contribution in [3.05, 3.63) is 34.1 Å². The highest BCUT2D eigenvalue weighted by molar-refractivity contribution is 5.97. The summed E-state index contributed by atoms with van der Waals surface area (Å²) in [5.74, 6) is -1.25. The number of amides is 1. The van der Waals surface area contributed by atoms with Gasteiger partial charge in [-0.2, -0.15) is 0 Å². The van der Waals surface area contributed by atoms with Crippen molar-refractivity contribution in [1.29, 1.82) is 0 Å². The first kappa shape index (κ1) is 12.4. The van der Waals surface area contributed by atoms with Gasteiger partial charge in [-0.3, -0.25) is 14.9 Å². The second-order valence-corrected chi connectivity index (χ2v) is 4.15. The lowest BCUT2D eigenvalue weighted by molar-refractivity contribution is -0.384. The van der Waals surface area contributed by atoms with Crippen molar-refractivity contribution in [2.45, 2.75) is 6.42 Å². The van der Waals surface area contributed by atoms with Crippen molar-refractivity contribution in [3.8, 4) is 0 Å². The second kappa shape index (κ2) is 4.69. The van der Waals surface area contributed by atoms with Gasteiger partial charge in [0.05, 0.1) is 4.92 Å². The zero-order valence-corrected chi connectivity index (χ0v) is 9.38. The van der Waals surface area contributed by atoms with Crippen LogP contribution >= 0.6 is 0 Å². The van der Waals surface area contributed by atoms with Gasteiger partial charge < -0.3 is 10.0 Å². The molecule has 1 N–H and O–H groups in total. The third-order valence-electron chi connectivity index (χ3n) is 2.89. The maximum Gasteiger partial charge on any atom is 0.293 e. The number of anilines is 1. The molecular formula is C11H11FN2O4. The molecular weight excluding hydrogens is 243 g/mol. The van der Waals surface area contributed by atoms with Gasteiger partial charge in [0.2, 0.25) is 5.91 Å². The number of aliphatic hydroxyl groups is 1. The number of benzene rings is 1. The standard InChI is InChI=1S/C11H11FN2O4/c12-8-1-2-9(14(17)18)10(4-8)13-5-7(6-15)3-11(13)16/h1-2,4,7,15H,3,5-6H2. The predicted octanol–water partition coefficient (Wildman–Crippen LogP) is 1.08. The fourth-order valence-corrected chi connectivity index (χ4v) is 2.00. The molecule has 1 saturated heterocycles. The molecule has 0 aromatic heterocycles. The number of hydrogen-bond acceptors (Lipinski definition) is 4. The van der Waals surface area contributed by atoms with E-state index in [1.165, 1.54) is 0 Å². The van der Waals surface area contributed by atoms with E-state index >= 15 is 0 Å². The van der Waals surface area contributed by atoms with Crippen LogP contribution in [-0.2, 0) is 4.79 Å². The van der Waals surface area contributed by atoms with Gasteiger partial charge >= 0.3 is 0 Å². The van der Waals surface area contributed by atoms with E-state index in [4.69, 9.17) is 5.11 Å². The topological polar surface area (TPSA) is 83.7 Å². The van der Waals surface area contributed by atoms with Gasteiger partial charge in [-0.05, 0) is 6.07 Å². The zero-order valence-electron chi connectivity index (χ0n) is 9.38. The number of carbonyl (C=O) groups is 1. The van der Waals surface area contributed by atoms with Crippen molar-refractivity contribution < 1.29 is 19.2 Å². The fourth-order valence-electron chi connectivity index (χ4n) is 2.00. The molecule has 1 aliphatic rings. The number of carbonyl (C=O) groups excluding carboxylic acids is 1. The molecule has 0 radical (unpaired) electrons. The lowest BCUT2D eigenvalue weighted by Gasteiger charge is -2.16. The lowest BCUT2D eigenvalue weighted by Crippen LogP contribution is -2.25. The monoisotopic (exact) mass is 254 g/mol. The van der Waals surface area contributed by atoms with E-state index in [2.05, 4.69) is 0 Å². The highest BCUT2D eigenvalue weighted by Crippen LogP contribution is 2.33. The van der Waals surface area contributed by atoms with Crippen LogP contribution in [0.15, 0.2) is 18.2 Å². The Hall–Kier alpha value is -2.02. The maximum atomic E-state index is 13.2. The molecule has 0 aliphatic carbocycles. The molecule has 1 aromatic rings. The Morgan fingerprint density at radius 1 is 1.56 bits per heavy atom. The smallest absolute Gasteiger partial charge is 0.293 e. The number of nitrogens with zero attached hydrogens (tertiary/aromatic N) is 2. The normalized spacial score (nSPS) is 19.3. The van der Waals surface area contributed by atoms with E-state index in [1.807, 2.05) is 0 Å². The molecule has 1 atom stereocenters. The Morgan fingerprint density at radius 2 is 2.28 bits per heavy atom. The molecule has 1 amide bonds. The summed E-state index contributed by atoms with van der Waals surface area (Å²) in [4.78, 5) is 23.0. The first-order valence-corrected chi connectivity index (χ1v) is 5.38. The number of nitro benzene ring substituents is 1. The van der Waals surface area contributed by atoms with Crippen LogP contribution in [0.5, 0.6) is 0 Å². The minimum Gasteiger partial charge on any atom is -0.396 e. The first-order valence-electron chi connectivity index (χ1n) is 5.38. The molecule has 2 rings (SSSR count). The fraction of sp³-hybridized carbons (Fsp3) is 0.364. The molecule has 0 bridgehead atoms. The SMILES string of the molecule is O=C1CC(CO)CN1c1cc(F)ccc1[N+](=O)[O-]. The van der Waals surface area contributed by atoms with Gasteiger partial charge in [-0.15, -0.1) is 0 Å². The average molecular weight is 254 g/mol. The van der Waals surface area contributed by atoms with Gasteiger partial charge in [0.15, 0.2) is 0 Å². The Balaban J connectivity index is 2.41. The van der Waals surface area contributed by atoms with Crippen LogP contribution in [0.2, 0.25) is 0 Å². The summed E-state index contributed by atoms with van der Waals surface area (Å²) in [6.45, 7) is -0.00895. The van der Waals surface area contributed by atoms with Crippen molar-refractivity contribution in [2.24, 2.45) is 5.92 Å². The quantitative estimate of drug-likeness (QED) is 0.646. The molecule has 0 spiro atoms. The number of nitro groups is 1. The van der Waals surface area contributed by atoms with E-state index in [-0.39, 0.29) is 42.8 Å². The summed E-state index contributed by atoms with van der Waals surface area (Å²) in [7, 11) is 0. The maximum absolute atomic E-state index is 13.2. The van der Waals surface area contributed by atoms with E-state index in [0.29, 0.717) is 0 Å². The second-order valence-electron chi connectivity index (χ2n) is 4.15. The van der Waals surface area contributed by atoms with E-state index in [0.717, 1.165) is 23.1 Å². The largest absolute Gasteiger partial charge is 0.396 e. The molecule has 96 valence electrons. The first-order chi connectivity index (χ1) is 8.52. The molecule has 1 heterocycles. The van der Waals surface area contributed by atoms with Gasteiger partial charge in [-0.1, -0.05) is 0 Å². The predicted molar refractivity (Wildman–Crippen MR) is 60.6 cm³/mol. The molecule has 1 aromatic carbocycles. The Bertz CT molecular complexity index is 506. The summed E-state index contributed by atoms with van der Waals surface area (Å²) >= 11 is 0. The van der Waals surface area contributed by atoms with Crippen molar-refractivity contribution in [1.82, 2.24) is 0 Å². The number of rotatable bonds is 3. The highest BCUT2D eigenvalue weighted by atomic mass is 19.1. The third-order valence-corrected chi connectivity index (χ3v) is 2.89. The Labute approximate surface area is 102 Å². The van der Waals surface area contributed by atoms with Crippen LogP contribution < -0.4 is 4.90 Å². The molecule has 6 nitrogen and oxygen atoms in total. The van der Waals surface area contributed by atoms with Gasteiger partial charge in [-0.25, -0.2) is 4.39 Å². The molecule has 18 heavy (non-hydrogen) atoms. The summed E-state index contributed by atoms with van der Waals surface area (Å²) in [5.41, 5.74) is -0.371. The van der Waals surface area contributed by atoms with Crippen LogP contribution in [-0.4, -0.2) is 29.1 Å². The van der Waals surface area contributed by atoms with Gasteiger partial charge in [0, 0.05) is 37.6 Å². The Morgan fingerprint density at radius 3 is 2.83 bits per heavy atom. The van der Waals surface area contributed by atoms with Crippen molar-refractivity contribution >= 4 is 17.3 Å². The molecule has 0 saturated carbocycles. The zero-order chi connectivity index (χ0) is 13.3. The van der Waals surface area contributed by atoms with E-state index < -0.39 is 10.7 Å². The van der Waals surface area contributed by atoms with Crippen LogP contribution in [0.4, 0.5) is 15.8 Å². The van der Waals surface area contributed by atoms with Crippen LogP contribution in [0.1, 0.15) is 6.42 Å². The van der Waals surface area contributed by atoms with Crippen LogP contribution in [0.25, 0.3) is 0 Å². The van der Waals surface area contributed by atoms with Crippen molar-refractivity contribution in [3.63, 3.8) is 0 Å². The van der Waals surface area contributed by atoms with Crippen molar-refractivity contribution in [2.75, 3.05) is 18.1 Å². The van der Waals surface area contributed by atoms with E-state index in [1.54, 1.807) is 0 Å². The minimum atomic E-state index is -0.658. The lowest BCUT2D eigenvalue weighted by atomic mass is 10.1. The van der Waals surface area contributed by atoms with Crippen LogP contribution in [0.3, 0.4) is 0 Å². The average Bonchev–Trinajstić information content (AvgIpc) is 2.70. The number of halogens is 1. The summed E-state index contributed by atoms with van der Waals surface area (Å²) in [6.07, 6.45) is 0.115. The minimum absolute atomic E-state index is 0.0547. The van der Waals surface area contributed by atoms with Crippen LogP contribution in [0, 0.1) is 21.8 Å². The van der Waals surface area contributed by atoms with Gasteiger partial charge in [0.25, 0.3) is 5.69 Å². The molecule has 1 unspecified atom stereocenters. The highest BCUT2D eigenvalue weighted by Gasteiger charge is 2.34. The van der Waals surface area contributed by atoms with E-state index in [9.17, 15) is 19.3 Å². The molecule has 1 fully saturated rings. The summed E-state index contributed by atoms with van der Waals surface area (Å²) in [6, 6.07) is 2.98. The van der Waals surface area contributed by atoms with Gasteiger partial charge in [0.1, 0.15) is 11.5 Å². The number of hydrogen-bond donors (Lipinski definition) is 1. The number of aliphatic hydroxyl groups excluding tert-OH is 1. The Kier molecular flexibility index (Phi) is 3.24. The summed E-state index contributed by atoms with van der Waals surface area (Å²) in [5, 5.41) is 19.8. The third kappa shape index (κ3) is 2.17. The molecule has 1 aliphatic heterocycles. The summed E-state index contributed by atoms with van der Waals surface area (Å²) < 4.78 is 13.2.